The molecule has 0 unspecified atom stereocenters. The van der Waals surface area contributed by atoms with Crippen LogP contribution in [0.25, 0.3) is 0 Å². The fourth-order valence-electron chi connectivity index (χ4n) is 3.76. The molecule has 4 rings (SSSR count). The first-order valence-electron chi connectivity index (χ1n) is 10.3. The van der Waals surface area contributed by atoms with E-state index in [4.69, 9.17) is 32.4 Å². The number of anilines is 1. The van der Waals surface area contributed by atoms with E-state index in [0.717, 1.165) is 12.0 Å². The molecule has 0 atom stereocenters. The number of carbonyl (C=O) groups excluding carboxylic acids is 2. The zero-order valence-corrected chi connectivity index (χ0v) is 19.5. The lowest BCUT2D eigenvalue weighted by Crippen LogP contribution is -2.22. The third-order valence-electron chi connectivity index (χ3n) is 5.28. The fraction of sp³-hybridized carbons (Fsp3) is 0.208. The minimum atomic E-state index is -0.417. The number of benzene rings is 2. The van der Waals surface area contributed by atoms with Gasteiger partial charge in [0, 0.05) is 38.8 Å². The minimum Gasteiger partial charge on any atom is -0.497 e. The summed E-state index contributed by atoms with van der Waals surface area (Å²) in [4.78, 5) is 25.4. The van der Waals surface area contributed by atoms with Crippen LogP contribution >= 0.6 is 23.2 Å². The highest BCUT2D eigenvalue weighted by Crippen LogP contribution is 2.31. The van der Waals surface area contributed by atoms with E-state index in [1.807, 2.05) is 0 Å². The molecule has 0 saturated carbocycles. The number of hydrogen-bond acceptors (Lipinski definition) is 5. The normalized spacial score (nSPS) is 14.0. The van der Waals surface area contributed by atoms with Gasteiger partial charge in [-0.25, -0.2) is 5.43 Å². The number of hydrazone groups is 1. The van der Waals surface area contributed by atoms with Crippen molar-refractivity contribution in [2.45, 2.75) is 26.2 Å². The van der Waals surface area contributed by atoms with Gasteiger partial charge in [0.05, 0.1) is 12.8 Å². The van der Waals surface area contributed by atoms with Crippen LogP contribution in [0, 0.1) is 6.92 Å². The average Bonchev–Trinajstić information content (AvgIpc) is 3.14. The zero-order chi connectivity index (χ0) is 23.5. The molecule has 2 N–H and O–H groups in total. The molecule has 33 heavy (non-hydrogen) atoms. The van der Waals surface area contributed by atoms with Gasteiger partial charge in [0.2, 0.25) is 0 Å². The number of ether oxygens (including phenoxy) is 1. The molecular weight excluding hydrogens is 465 g/mol. The number of rotatable bonds is 5. The first kappa shape index (κ1) is 22.9. The smallest absolute Gasteiger partial charge is 0.291 e. The second-order valence-corrected chi connectivity index (χ2v) is 8.42. The van der Waals surface area contributed by atoms with Crippen molar-refractivity contribution < 1.29 is 18.7 Å². The van der Waals surface area contributed by atoms with Crippen molar-refractivity contribution in [2.24, 2.45) is 5.10 Å². The van der Waals surface area contributed by atoms with E-state index >= 15 is 0 Å². The Labute approximate surface area is 200 Å². The molecular formula is C24H21Cl2N3O4. The van der Waals surface area contributed by atoms with Gasteiger partial charge in [0.1, 0.15) is 11.5 Å². The number of halogens is 2. The predicted octanol–water partition coefficient (Wildman–Crippen LogP) is 5.63. The van der Waals surface area contributed by atoms with E-state index in [9.17, 15) is 9.59 Å². The van der Waals surface area contributed by atoms with Gasteiger partial charge in [-0.3, -0.25) is 9.59 Å². The van der Waals surface area contributed by atoms with Crippen LogP contribution in [0.4, 0.5) is 5.69 Å². The van der Waals surface area contributed by atoms with Crippen molar-refractivity contribution in [3.63, 3.8) is 0 Å². The number of aryl methyl sites for hydroxylation is 1. The Morgan fingerprint density at radius 3 is 2.55 bits per heavy atom. The van der Waals surface area contributed by atoms with Crippen LogP contribution in [0.3, 0.4) is 0 Å². The largest absolute Gasteiger partial charge is 0.497 e. The number of carbonyl (C=O) groups is 2. The van der Waals surface area contributed by atoms with Crippen molar-refractivity contribution in [3.05, 3.63) is 80.7 Å². The second-order valence-electron chi connectivity index (χ2n) is 7.55. The molecule has 0 fully saturated rings. The van der Waals surface area contributed by atoms with Gasteiger partial charge in [0.15, 0.2) is 5.76 Å². The van der Waals surface area contributed by atoms with E-state index in [0.29, 0.717) is 56.9 Å². The number of fused-ring (bicyclic) bond motifs is 1. The summed E-state index contributed by atoms with van der Waals surface area (Å²) in [6.45, 7) is 1.80. The summed E-state index contributed by atoms with van der Waals surface area (Å²) in [6.07, 6.45) is 2.12. The molecule has 1 aliphatic rings. The maximum Gasteiger partial charge on any atom is 0.291 e. The van der Waals surface area contributed by atoms with Gasteiger partial charge in [-0.05, 0) is 56.2 Å². The summed E-state index contributed by atoms with van der Waals surface area (Å²) < 4.78 is 11.1. The zero-order valence-electron chi connectivity index (χ0n) is 18.0. The maximum absolute atomic E-state index is 12.9. The highest BCUT2D eigenvalue weighted by molar-refractivity contribution is 6.35. The van der Waals surface area contributed by atoms with Crippen molar-refractivity contribution in [1.82, 2.24) is 5.43 Å². The first-order valence-corrected chi connectivity index (χ1v) is 11.0. The Morgan fingerprint density at radius 1 is 1.06 bits per heavy atom. The molecule has 2 aromatic carbocycles. The Bertz CT molecular complexity index is 1250. The molecule has 7 nitrogen and oxygen atoms in total. The summed E-state index contributed by atoms with van der Waals surface area (Å²) >= 11 is 12.0. The third-order valence-corrected chi connectivity index (χ3v) is 5.71. The quantitative estimate of drug-likeness (QED) is 0.458. The minimum absolute atomic E-state index is 0.185. The number of amides is 2. The molecule has 3 aromatic rings. The monoisotopic (exact) mass is 485 g/mol. The SMILES string of the molecule is COc1cccc(C(=O)N/N=C2\CCCc3oc(C(=O)Nc4cc(Cl)cc(Cl)c4)c(C)c32)c1. The lowest BCUT2D eigenvalue weighted by molar-refractivity contribution is 0.0953. The van der Waals surface area contributed by atoms with Crippen molar-refractivity contribution in [2.75, 3.05) is 12.4 Å². The molecule has 0 radical (unpaired) electrons. The average molecular weight is 486 g/mol. The van der Waals surface area contributed by atoms with Gasteiger partial charge < -0.3 is 14.5 Å². The second kappa shape index (κ2) is 9.68. The topological polar surface area (TPSA) is 92.9 Å². The molecule has 1 aromatic heterocycles. The summed E-state index contributed by atoms with van der Waals surface area (Å²) in [5.41, 5.74) is 5.57. The van der Waals surface area contributed by atoms with E-state index in [2.05, 4.69) is 15.8 Å². The van der Waals surface area contributed by atoms with Crippen LogP contribution in [-0.4, -0.2) is 24.6 Å². The summed E-state index contributed by atoms with van der Waals surface area (Å²) in [5, 5.41) is 7.93. The van der Waals surface area contributed by atoms with E-state index in [1.54, 1.807) is 49.4 Å². The van der Waals surface area contributed by atoms with Crippen LogP contribution < -0.4 is 15.5 Å². The molecule has 0 spiro atoms. The van der Waals surface area contributed by atoms with Gasteiger partial charge in [-0.15, -0.1) is 0 Å². The highest BCUT2D eigenvalue weighted by Gasteiger charge is 2.28. The Morgan fingerprint density at radius 2 is 1.82 bits per heavy atom. The number of nitrogens with one attached hydrogen (secondary N) is 2. The molecule has 9 heteroatoms. The van der Waals surface area contributed by atoms with Crippen molar-refractivity contribution in [3.8, 4) is 5.75 Å². The van der Waals surface area contributed by atoms with Gasteiger partial charge >= 0.3 is 0 Å². The summed E-state index contributed by atoms with van der Waals surface area (Å²) in [5.74, 6) is 0.662. The van der Waals surface area contributed by atoms with Crippen LogP contribution in [0.2, 0.25) is 10.0 Å². The highest BCUT2D eigenvalue weighted by atomic mass is 35.5. The van der Waals surface area contributed by atoms with Crippen molar-refractivity contribution >= 4 is 46.4 Å². The molecule has 0 bridgehead atoms. The Hall–Kier alpha value is -3.29. The Balaban J connectivity index is 1.56. The molecule has 2 amide bonds. The number of furan rings is 1. The number of nitrogens with zero attached hydrogens (tertiary/aromatic N) is 1. The van der Waals surface area contributed by atoms with Crippen LogP contribution in [0.15, 0.2) is 52.0 Å². The lowest BCUT2D eigenvalue weighted by atomic mass is 9.93. The summed E-state index contributed by atoms with van der Waals surface area (Å²) in [6, 6.07) is 11.6. The molecule has 1 heterocycles. The van der Waals surface area contributed by atoms with Crippen molar-refractivity contribution in [1.29, 1.82) is 0 Å². The fourth-order valence-corrected chi connectivity index (χ4v) is 4.28. The third kappa shape index (κ3) is 5.05. The van der Waals surface area contributed by atoms with Gasteiger partial charge in [-0.1, -0.05) is 29.3 Å². The van der Waals surface area contributed by atoms with Gasteiger partial charge in [0.25, 0.3) is 11.8 Å². The number of hydrogen-bond donors (Lipinski definition) is 2. The predicted molar refractivity (Wildman–Crippen MR) is 128 cm³/mol. The number of methoxy groups -OCH3 is 1. The standard InChI is InChI=1S/C24H21Cl2N3O4/c1-13-21-19(28-29-23(30)14-5-3-6-18(9-14)32-2)7-4-8-20(21)33-22(13)24(31)27-17-11-15(25)10-16(26)12-17/h3,5-6,9-12H,4,7-8H2,1-2H3,(H,27,31)(H,29,30)/b28-19+. The van der Waals surface area contributed by atoms with E-state index in [1.165, 1.54) is 7.11 Å². The van der Waals surface area contributed by atoms with Crippen LogP contribution in [0.5, 0.6) is 5.75 Å². The molecule has 1 aliphatic carbocycles. The summed E-state index contributed by atoms with van der Waals surface area (Å²) in [7, 11) is 1.54. The Kier molecular flexibility index (Phi) is 6.72. The van der Waals surface area contributed by atoms with Gasteiger partial charge in [-0.2, -0.15) is 5.10 Å². The maximum atomic E-state index is 12.9. The molecule has 0 aliphatic heterocycles. The van der Waals surface area contributed by atoms with Crippen LogP contribution in [-0.2, 0) is 6.42 Å². The van der Waals surface area contributed by atoms with Crippen LogP contribution in [0.1, 0.15) is 50.6 Å². The molecule has 0 saturated heterocycles. The first-order chi connectivity index (χ1) is 15.9. The lowest BCUT2D eigenvalue weighted by Gasteiger charge is -2.13. The van der Waals surface area contributed by atoms with E-state index in [-0.39, 0.29) is 11.7 Å². The molecule has 170 valence electrons. The van der Waals surface area contributed by atoms with E-state index < -0.39 is 5.91 Å².